The Labute approximate surface area is 115 Å². The van der Waals surface area contributed by atoms with E-state index in [0.29, 0.717) is 10.6 Å². The molecular formula is C16H10ClNO. The van der Waals surface area contributed by atoms with E-state index in [1.807, 2.05) is 36.5 Å². The molecule has 0 spiro atoms. The van der Waals surface area contributed by atoms with E-state index in [9.17, 15) is 4.79 Å². The van der Waals surface area contributed by atoms with E-state index in [1.54, 1.807) is 18.3 Å². The molecule has 1 heterocycles. The number of fused-ring (bicyclic) bond motifs is 1. The van der Waals surface area contributed by atoms with Crippen LogP contribution < -0.4 is 0 Å². The summed E-state index contributed by atoms with van der Waals surface area (Å²) in [6, 6.07) is 13.3. The number of hydrogen-bond donors (Lipinski definition) is 0. The van der Waals surface area contributed by atoms with Crippen LogP contribution in [0.5, 0.6) is 0 Å². The molecule has 0 saturated carbocycles. The molecule has 0 fully saturated rings. The number of aromatic nitrogens is 1. The van der Waals surface area contributed by atoms with Gasteiger partial charge in [0.05, 0.1) is 0 Å². The van der Waals surface area contributed by atoms with Gasteiger partial charge in [0.1, 0.15) is 6.29 Å². The first kappa shape index (κ1) is 11.9. The largest absolute Gasteiger partial charge is 0.298 e. The Morgan fingerprint density at radius 2 is 1.95 bits per heavy atom. The van der Waals surface area contributed by atoms with Crippen molar-refractivity contribution in [3.63, 3.8) is 0 Å². The van der Waals surface area contributed by atoms with Crippen LogP contribution in [0, 0.1) is 0 Å². The van der Waals surface area contributed by atoms with E-state index in [-0.39, 0.29) is 0 Å². The van der Waals surface area contributed by atoms with Crippen LogP contribution in [0.2, 0.25) is 5.02 Å². The summed E-state index contributed by atoms with van der Waals surface area (Å²) in [5, 5.41) is 2.74. The van der Waals surface area contributed by atoms with Gasteiger partial charge in [-0.2, -0.15) is 0 Å². The van der Waals surface area contributed by atoms with Crippen LogP contribution in [0.15, 0.2) is 54.9 Å². The van der Waals surface area contributed by atoms with E-state index in [0.717, 1.165) is 28.2 Å². The fourth-order valence-electron chi connectivity index (χ4n) is 2.18. The lowest BCUT2D eigenvalue weighted by molar-refractivity contribution is 0.112. The van der Waals surface area contributed by atoms with Gasteiger partial charge in [-0.15, -0.1) is 0 Å². The second-order valence-electron chi connectivity index (χ2n) is 4.26. The van der Waals surface area contributed by atoms with Crippen molar-refractivity contribution < 1.29 is 4.79 Å². The highest BCUT2D eigenvalue weighted by Gasteiger charge is 2.08. The third kappa shape index (κ3) is 2.11. The lowest BCUT2D eigenvalue weighted by Gasteiger charge is -2.08. The van der Waals surface area contributed by atoms with Crippen LogP contribution in [-0.2, 0) is 0 Å². The van der Waals surface area contributed by atoms with Crippen LogP contribution in [0.25, 0.3) is 21.9 Å². The van der Waals surface area contributed by atoms with E-state index < -0.39 is 0 Å². The molecule has 0 saturated heterocycles. The second kappa shape index (κ2) is 4.82. The topological polar surface area (TPSA) is 30.0 Å². The fourth-order valence-corrected chi connectivity index (χ4v) is 2.47. The number of carbonyl (C=O) groups excluding carboxylic acids is 1. The smallest absolute Gasteiger partial charge is 0.150 e. The highest BCUT2D eigenvalue weighted by atomic mass is 35.5. The second-order valence-corrected chi connectivity index (χ2v) is 4.67. The Morgan fingerprint density at radius 1 is 1.05 bits per heavy atom. The normalized spacial score (nSPS) is 10.6. The standard InChI is InChI=1S/C16H10ClNO/c17-16-8-11(10-19)4-5-15(16)14-3-1-2-12-9-18-7-6-13(12)14/h1-10H. The number of benzene rings is 2. The minimum Gasteiger partial charge on any atom is -0.298 e. The maximum Gasteiger partial charge on any atom is 0.150 e. The van der Waals surface area contributed by atoms with Gasteiger partial charge in [-0.25, -0.2) is 0 Å². The number of nitrogens with zero attached hydrogens (tertiary/aromatic N) is 1. The molecule has 0 atom stereocenters. The molecular weight excluding hydrogens is 258 g/mol. The zero-order valence-corrected chi connectivity index (χ0v) is 10.8. The molecule has 3 heteroatoms. The summed E-state index contributed by atoms with van der Waals surface area (Å²) in [5.41, 5.74) is 2.54. The molecule has 0 amide bonds. The third-order valence-corrected chi connectivity index (χ3v) is 3.41. The maximum atomic E-state index is 10.8. The maximum absolute atomic E-state index is 10.8. The zero-order chi connectivity index (χ0) is 13.2. The SMILES string of the molecule is O=Cc1ccc(-c2cccc3cnccc23)c(Cl)c1. The minimum absolute atomic E-state index is 0.578. The minimum atomic E-state index is 0.578. The summed E-state index contributed by atoms with van der Waals surface area (Å²) in [6.07, 6.45) is 4.38. The Kier molecular flexibility index (Phi) is 3.02. The summed E-state index contributed by atoms with van der Waals surface area (Å²) < 4.78 is 0. The molecule has 3 aromatic rings. The lowest BCUT2D eigenvalue weighted by atomic mass is 9.98. The molecule has 0 unspecified atom stereocenters. The predicted molar refractivity (Wildman–Crippen MR) is 77.6 cm³/mol. The molecule has 0 N–H and O–H groups in total. The van der Waals surface area contributed by atoms with E-state index in [2.05, 4.69) is 4.98 Å². The van der Waals surface area contributed by atoms with E-state index in [4.69, 9.17) is 11.6 Å². The van der Waals surface area contributed by atoms with E-state index >= 15 is 0 Å². The van der Waals surface area contributed by atoms with Crippen LogP contribution >= 0.6 is 11.6 Å². The van der Waals surface area contributed by atoms with Crippen molar-refractivity contribution in [3.05, 3.63) is 65.4 Å². The average Bonchev–Trinajstić information content (AvgIpc) is 2.46. The number of rotatable bonds is 2. The Hall–Kier alpha value is -2.19. The van der Waals surface area contributed by atoms with Gasteiger partial charge in [0.25, 0.3) is 0 Å². The molecule has 92 valence electrons. The van der Waals surface area contributed by atoms with Crippen LogP contribution in [0.1, 0.15) is 10.4 Å². The summed E-state index contributed by atoms with van der Waals surface area (Å²) in [5.74, 6) is 0. The number of hydrogen-bond acceptors (Lipinski definition) is 2. The molecule has 0 aliphatic carbocycles. The van der Waals surface area contributed by atoms with E-state index in [1.165, 1.54) is 0 Å². The van der Waals surface area contributed by atoms with Gasteiger partial charge in [-0.05, 0) is 23.1 Å². The fraction of sp³-hybridized carbons (Fsp3) is 0. The van der Waals surface area contributed by atoms with Gasteiger partial charge in [-0.1, -0.05) is 41.9 Å². The first-order valence-corrected chi connectivity index (χ1v) is 6.25. The predicted octanol–water partition coefficient (Wildman–Crippen LogP) is 4.37. The van der Waals surface area contributed by atoms with Crippen molar-refractivity contribution in [3.8, 4) is 11.1 Å². The van der Waals surface area contributed by atoms with Crippen molar-refractivity contribution in [2.75, 3.05) is 0 Å². The summed E-state index contributed by atoms with van der Waals surface area (Å²) in [4.78, 5) is 14.9. The quantitative estimate of drug-likeness (QED) is 0.646. The van der Waals surface area contributed by atoms with Crippen LogP contribution in [0.3, 0.4) is 0 Å². The highest BCUT2D eigenvalue weighted by Crippen LogP contribution is 2.33. The first-order chi connectivity index (χ1) is 9.29. The number of aldehydes is 1. The van der Waals surface area contributed by atoms with Gasteiger partial charge in [0.2, 0.25) is 0 Å². The number of pyridine rings is 1. The zero-order valence-electron chi connectivity index (χ0n) is 10.0. The molecule has 2 aromatic carbocycles. The number of halogens is 1. The molecule has 3 rings (SSSR count). The highest BCUT2D eigenvalue weighted by molar-refractivity contribution is 6.34. The monoisotopic (exact) mass is 267 g/mol. The van der Waals surface area contributed by atoms with Crippen LogP contribution in [-0.4, -0.2) is 11.3 Å². The molecule has 19 heavy (non-hydrogen) atoms. The number of carbonyl (C=O) groups is 1. The summed E-state index contributed by atoms with van der Waals surface area (Å²) in [7, 11) is 0. The third-order valence-electron chi connectivity index (χ3n) is 3.10. The molecule has 2 nitrogen and oxygen atoms in total. The molecule has 1 aromatic heterocycles. The molecule has 0 radical (unpaired) electrons. The van der Waals surface area contributed by atoms with Crippen molar-refractivity contribution in [1.29, 1.82) is 0 Å². The van der Waals surface area contributed by atoms with Crippen molar-refractivity contribution in [2.24, 2.45) is 0 Å². The molecule has 0 aliphatic rings. The Balaban J connectivity index is 2.27. The molecule has 0 bridgehead atoms. The summed E-state index contributed by atoms with van der Waals surface area (Å²) in [6.45, 7) is 0. The average molecular weight is 268 g/mol. The van der Waals surface area contributed by atoms with Crippen LogP contribution in [0.4, 0.5) is 0 Å². The van der Waals surface area contributed by atoms with Gasteiger partial charge in [0, 0.05) is 33.9 Å². The molecule has 0 aliphatic heterocycles. The van der Waals surface area contributed by atoms with Crippen molar-refractivity contribution >= 4 is 28.7 Å². The van der Waals surface area contributed by atoms with Gasteiger partial charge in [0.15, 0.2) is 0 Å². The van der Waals surface area contributed by atoms with Gasteiger partial charge in [-0.3, -0.25) is 9.78 Å². The lowest BCUT2D eigenvalue weighted by Crippen LogP contribution is -1.86. The Morgan fingerprint density at radius 3 is 2.74 bits per heavy atom. The van der Waals surface area contributed by atoms with Gasteiger partial charge >= 0.3 is 0 Å². The van der Waals surface area contributed by atoms with Crippen molar-refractivity contribution in [1.82, 2.24) is 4.98 Å². The first-order valence-electron chi connectivity index (χ1n) is 5.87. The summed E-state index contributed by atoms with van der Waals surface area (Å²) >= 11 is 6.27. The van der Waals surface area contributed by atoms with Crippen molar-refractivity contribution in [2.45, 2.75) is 0 Å². The Bertz CT molecular complexity index is 762. The van der Waals surface area contributed by atoms with Gasteiger partial charge < -0.3 is 0 Å².